The van der Waals surface area contributed by atoms with E-state index in [4.69, 9.17) is 0 Å². The fourth-order valence-electron chi connectivity index (χ4n) is 1.43. The van der Waals surface area contributed by atoms with Gasteiger partial charge in [-0.25, -0.2) is 0 Å². The van der Waals surface area contributed by atoms with Crippen LogP contribution in [-0.2, 0) is 7.05 Å². The zero-order valence-electron chi connectivity index (χ0n) is 8.48. The molecule has 0 aliphatic carbocycles. The molecule has 0 aliphatic rings. The molecule has 0 aromatic carbocycles. The summed E-state index contributed by atoms with van der Waals surface area (Å²) >= 11 is 0. The average Bonchev–Trinajstić information content (AvgIpc) is 2.42. The van der Waals surface area contributed by atoms with E-state index >= 15 is 0 Å². The normalized spacial score (nSPS) is 11.4. The molecule has 0 radical (unpaired) electrons. The molecule has 5 nitrogen and oxygen atoms in total. The van der Waals surface area contributed by atoms with E-state index in [9.17, 15) is 4.79 Å². The van der Waals surface area contributed by atoms with Crippen LogP contribution in [0.15, 0.2) is 17.2 Å². The number of aromatic amines is 1. The molecular weight excluding hydrogens is 180 g/mol. The van der Waals surface area contributed by atoms with E-state index in [-0.39, 0.29) is 11.3 Å². The Morgan fingerprint density at radius 1 is 1.57 bits per heavy atom. The standard InChI is InChI=1S/C9H12N4O/c1-6(2)9-7(14)4-8-10-12(3)5-13(8)11-9/h4-6H,1-3H3/p+1. The van der Waals surface area contributed by atoms with Crippen LogP contribution in [-0.4, -0.2) is 14.7 Å². The molecule has 0 bridgehead atoms. The van der Waals surface area contributed by atoms with Crippen LogP contribution in [0.4, 0.5) is 0 Å². The Labute approximate surface area is 81.0 Å². The topological polar surface area (TPSA) is 54.0 Å². The monoisotopic (exact) mass is 193 g/mol. The summed E-state index contributed by atoms with van der Waals surface area (Å²) in [6, 6.07) is 1.57. The highest BCUT2D eigenvalue weighted by Crippen LogP contribution is 2.05. The Balaban J connectivity index is 2.76. The number of nitrogens with one attached hydrogen (secondary N) is 1. The largest absolute Gasteiger partial charge is 0.290 e. The van der Waals surface area contributed by atoms with Crippen LogP contribution >= 0.6 is 0 Å². The van der Waals surface area contributed by atoms with E-state index in [2.05, 4.69) is 10.2 Å². The predicted octanol–water partition coefficient (Wildman–Crippen LogP) is -0.0295. The van der Waals surface area contributed by atoms with Gasteiger partial charge in [0.1, 0.15) is 12.7 Å². The van der Waals surface area contributed by atoms with E-state index < -0.39 is 0 Å². The minimum absolute atomic E-state index is 0.0116. The Morgan fingerprint density at radius 2 is 2.29 bits per heavy atom. The molecule has 0 fully saturated rings. The zero-order chi connectivity index (χ0) is 10.3. The summed E-state index contributed by atoms with van der Waals surface area (Å²) in [5, 5.41) is 7.23. The van der Waals surface area contributed by atoms with Crippen molar-refractivity contribution in [3.8, 4) is 0 Å². The van der Waals surface area contributed by atoms with Crippen LogP contribution in [0.3, 0.4) is 0 Å². The van der Waals surface area contributed by atoms with Gasteiger partial charge in [-0.05, 0) is 0 Å². The lowest BCUT2D eigenvalue weighted by Crippen LogP contribution is -2.28. The van der Waals surface area contributed by atoms with E-state index in [1.54, 1.807) is 21.6 Å². The molecule has 0 aliphatic heterocycles. The van der Waals surface area contributed by atoms with Crippen molar-refractivity contribution >= 4 is 5.65 Å². The highest BCUT2D eigenvalue weighted by molar-refractivity contribution is 5.33. The first-order valence-electron chi connectivity index (χ1n) is 4.56. The smallest absolute Gasteiger partial charge is 0.288 e. The first-order valence-corrected chi connectivity index (χ1v) is 4.56. The van der Waals surface area contributed by atoms with Gasteiger partial charge in [0, 0.05) is 5.92 Å². The van der Waals surface area contributed by atoms with Gasteiger partial charge >= 0.3 is 0 Å². The van der Waals surface area contributed by atoms with Gasteiger partial charge in [0.25, 0.3) is 12.0 Å². The molecule has 0 unspecified atom stereocenters. The van der Waals surface area contributed by atoms with Crippen LogP contribution in [0.25, 0.3) is 5.65 Å². The number of fused-ring (bicyclic) bond motifs is 1. The third-order valence-electron chi connectivity index (χ3n) is 2.10. The van der Waals surface area contributed by atoms with Crippen LogP contribution in [0.1, 0.15) is 25.5 Å². The molecule has 0 saturated heterocycles. The summed E-state index contributed by atoms with van der Waals surface area (Å²) in [5.41, 5.74) is 1.30. The molecule has 2 aromatic heterocycles. The molecule has 2 rings (SSSR count). The van der Waals surface area contributed by atoms with Gasteiger partial charge in [0.15, 0.2) is 0 Å². The van der Waals surface area contributed by atoms with Gasteiger partial charge in [-0.15, -0.1) is 0 Å². The van der Waals surface area contributed by atoms with Gasteiger partial charge in [-0.2, -0.15) is 9.78 Å². The second-order valence-corrected chi connectivity index (χ2v) is 3.72. The SMILES string of the molecule is CC(C)c1nn2c[n+](C)[nH]c2cc1=O. The van der Waals surface area contributed by atoms with Crippen LogP contribution in [0.2, 0.25) is 0 Å². The fraction of sp³-hybridized carbons (Fsp3) is 0.444. The van der Waals surface area contributed by atoms with Gasteiger partial charge < -0.3 is 0 Å². The average molecular weight is 193 g/mol. The summed E-state index contributed by atoms with van der Waals surface area (Å²) in [6.07, 6.45) is 1.79. The van der Waals surface area contributed by atoms with Gasteiger partial charge in [0.05, 0.1) is 6.07 Å². The first kappa shape index (κ1) is 8.93. The fourth-order valence-corrected chi connectivity index (χ4v) is 1.43. The summed E-state index contributed by atoms with van der Waals surface area (Å²) in [5.74, 6) is 0.152. The Morgan fingerprint density at radius 3 is 2.93 bits per heavy atom. The number of nitrogens with zero attached hydrogens (tertiary/aromatic N) is 3. The third kappa shape index (κ3) is 1.30. The number of aromatic nitrogens is 4. The lowest BCUT2D eigenvalue weighted by Gasteiger charge is -1.98. The van der Waals surface area contributed by atoms with Gasteiger partial charge in [-0.1, -0.05) is 23.5 Å². The lowest BCUT2D eigenvalue weighted by atomic mass is 10.1. The molecule has 2 aromatic rings. The van der Waals surface area contributed by atoms with Crippen molar-refractivity contribution in [2.45, 2.75) is 19.8 Å². The number of H-pyrrole nitrogens is 1. The highest BCUT2D eigenvalue weighted by Gasteiger charge is 2.13. The molecule has 0 atom stereocenters. The summed E-state index contributed by atoms with van der Waals surface area (Å²) < 4.78 is 3.43. The Hall–Kier alpha value is -1.65. The van der Waals surface area contributed by atoms with Crippen LogP contribution in [0, 0.1) is 0 Å². The summed E-state index contributed by atoms with van der Waals surface area (Å²) in [4.78, 5) is 11.6. The Bertz CT molecular complexity index is 523. The molecule has 74 valence electrons. The van der Waals surface area contributed by atoms with Crippen molar-refractivity contribution in [3.63, 3.8) is 0 Å². The van der Waals surface area contributed by atoms with Gasteiger partial charge in [-0.3, -0.25) is 4.79 Å². The second-order valence-electron chi connectivity index (χ2n) is 3.72. The van der Waals surface area contributed by atoms with Crippen molar-refractivity contribution in [2.24, 2.45) is 7.05 Å². The first-order chi connectivity index (χ1) is 6.58. The molecule has 5 heteroatoms. The molecule has 2 heterocycles. The maximum atomic E-state index is 11.6. The maximum Gasteiger partial charge on any atom is 0.290 e. The minimum atomic E-state index is -0.0116. The molecule has 1 N–H and O–H groups in total. The minimum Gasteiger partial charge on any atom is -0.288 e. The Kier molecular flexibility index (Phi) is 1.87. The van der Waals surface area contributed by atoms with Crippen LogP contribution < -0.4 is 10.1 Å². The maximum absolute atomic E-state index is 11.6. The van der Waals surface area contributed by atoms with Crippen molar-refractivity contribution in [1.29, 1.82) is 0 Å². The molecule has 14 heavy (non-hydrogen) atoms. The second kappa shape index (κ2) is 2.94. The molecule has 0 amide bonds. The van der Waals surface area contributed by atoms with Gasteiger partial charge in [0.2, 0.25) is 5.43 Å². The van der Waals surface area contributed by atoms with Crippen molar-refractivity contribution < 1.29 is 4.68 Å². The van der Waals surface area contributed by atoms with E-state index in [1.165, 1.54) is 0 Å². The van der Waals surface area contributed by atoms with E-state index in [0.29, 0.717) is 11.3 Å². The van der Waals surface area contributed by atoms with Crippen molar-refractivity contribution in [2.75, 3.05) is 0 Å². The highest BCUT2D eigenvalue weighted by atomic mass is 16.1. The molecular formula is C9H13N4O+. The summed E-state index contributed by atoms with van der Waals surface area (Å²) in [7, 11) is 1.86. The quantitative estimate of drug-likeness (QED) is 0.647. The number of aryl methyl sites for hydroxylation is 1. The van der Waals surface area contributed by atoms with Crippen molar-refractivity contribution in [3.05, 3.63) is 28.3 Å². The lowest BCUT2D eigenvalue weighted by molar-refractivity contribution is -0.727. The van der Waals surface area contributed by atoms with Crippen LogP contribution in [0.5, 0.6) is 0 Å². The number of hydrogen-bond acceptors (Lipinski definition) is 2. The predicted molar refractivity (Wildman–Crippen MR) is 51.1 cm³/mol. The third-order valence-corrected chi connectivity index (χ3v) is 2.10. The van der Waals surface area contributed by atoms with E-state index in [1.807, 2.05) is 20.9 Å². The summed E-state index contributed by atoms with van der Waals surface area (Å²) in [6.45, 7) is 3.92. The molecule has 0 saturated carbocycles. The molecule has 0 spiro atoms. The number of hydrogen-bond donors (Lipinski definition) is 1. The van der Waals surface area contributed by atoms with E-state index in [0.717, 1.165) is 0 Å². The zero-order valence-corrected chi connectivity index (χ0v) is 8.48. The number of rotatable bonds is 1. The van der Waals surface area contributed by atoms with Crippen molar-refractivity contribution in [1.82, 2.24) is 14.7 Å².